The van der Waals surface area contributed by atoms with Crippen LogP contribution in [0.2, 0.25) is 0 Å². The van der Waals surface area contributed by atoms with E-state index in [-0.39, 0.29) is 48.4 Å². The molecule has 0 bridgehead atoms. The predicted octanol–water partition coefficient (Wildman–Crippen LogP) is 1.62. The molecule has 3 aromatic rings. The van der Waals surface area contributed by atoms with Gasteiger partial charge in [0.2, 0.25) is 5.78 Å². The Morgan fingerprint density at radius 2 is 1.95 bits per heavy atom. The number of nitrogens with two attached hydrogens (primary N) is 1. The number of nitrogens with zero attached hydrogens (tertiary/aromatic N) is 4. The number of aliphatic hydroxyl groups excluding tert-OH is 1. The van der Waals surface area contributed by atoms with Crippen LogP contribution in [0.5, 0.6) is 5.75 Å². The summed E-state index contributed by atoms with van der Waals surface area (Å²) in [6.07, 6.45) is -0.907. The van der Waals surface area contributed by atoms with E-state index < -0.39 is 34.5 Å². The molecular weight excluding hydrogens is 533 g/mol. The molecule has 38 heavy (non-hydrogen) atoms. The summed E-state index contributed by atoms with van der Waals surface area (Å²) in [5.41, 5.74) is 0.851. The number of hydrogen-bond donors (Lipinski definition) is 3. The number of aromatic nitrogens is 4. The number of carbonyl (C=O) groups excluding carboxylic acids is 1. The third-order valence-corrected chi connectivity index (χ3v) is 6.24. The molecule has 4 rings (SSSR count). The average molecular weight is 557 g/mol. The lowest BCUT2D eigenvalue weighted by molar-refractivity contribution is -0.274. The number of ether oxygens (including phenoxy) is 1. The number of nitrogens with one attached hydrogen (secondary N) is 1. The maximum absolute atomic E-state index is 13.2. The molecule has 0 spiro atoms. The molecule has 1 aliphatic rings. The van der Waals surface area contributed by atoms with Crippen molar-refractivity contribution in [3.8, 4) is 5.75 Å². The molecule has 12 nitrogen and oxygen atoms in total. The second-order valence-corrected chi connectivity index (χ2v) is 9.84. The minimum atomic E-state index is -4.78. The maximum Gasteiger partial charge on any atom is 0.573 e. The van der Waals surface area contributed by atoms with Gasteiger partial charge in [0.15, 0.2) is 0 Å². The van der Waals surface area contributed by atoms with Gasteiger partial charge in [-0.2, -0.15) is 13.5 Å². The zero-order valence-corrected chi connectivity index (χ0v) is 20.4. The van der Waals surface area contributed by atoms with Gasteiger partial charge in [0, 0.05) is 24.4 Å². The van der Waals surface area contributed by atoms with Crippen LogP contribution in [0.25, 0.3) is 0 Å². The van der Waals surface area contributed by atoms with Gasteiger partial charge in [-0.25, -0.2) is 15.1 Å². The van der Waals surface area contributed by atoms with E-state index in [4.69, 9.17) is 5.14 Å². The molecule has 0 amide bonds. The van der Waals surface area contributed by atoms with E-state index in [1.54, 1.807) is 6.20 Å². The van der Waals surface area contributed by atoms with Gasteiger partial charge < -0.3 is 15.2 Å². The van der Waals surface area contributed by atoms with Crippen molar-refractivity contribution < 1.29 is 40.4 Å². The standard InChI is InChI=1S/C22H23F3N6O6S/c23-22(24,25)37-16-3-1-13(2-4-16)10-31-6-5-18(30-31)20(33)17-9-27-12-28-21(17)29-15-7-14(19(32)8-15)11-36-38(26,34)35/h1-6,9,12,14-15,19,32H,7-8,10-11H2,(H2,26,34,35)(H,27,28,29)/t14-,15-,19+/m1/s1. The number of carbonyl (C=O) groups is 1. The van der Waals surface area contributed by atoms with E-state index in [2.05, 4.69) is 29.3 Å². The van der Waals surface area contributed by atoms with Gasteiger partial charge in [0.05, 0.1) is 24.8 Å². The van der Waals surface area contributed by atoms with Gasteiger partial charge in [0.1, 0.15) is 23.6 Å². The normalized spacial score (nSPS) is 19.9. The van der Waals surface area contributed by atoms with Gasteiger partial charge in [-0.1, -0.05) is 12.1 Å². The number of alkyl halides is 3. The fourth-order valence-electron chi connectivity index (χ4n) is 4.08. The van der Waals surface area contributed by atoms with Crippen LogP contribution in [0.3, 0.4) is 0 Å². The lowest BCUT2D eigenvalue weighted by Crippen LogP contribution is -2.24. The predicted molar refractivity (Wildman–Crippen MR) is 125 cm³/mol. The molecule has 1 aromatic carbocycles. The van der Waals surface area contributed by atoms with Crippen molar-refractivity contribution in [3.05, 3.63) is 65.9 Å². The number of hydrogen-bond acceptors (Lipinski definition) is 10. The highest BCUT2D eigenvalue weighted by molar-refractivity contribution is 7.84. The number of ketones is 1. The molecule has 0 aliphatic heterocycles. The van der Waals surface area contributed by atoms with Crippen molar-refractivity contribution in [3.63, 3.8) is 0 Å². The summed E-state index contributed by atoms with van der Waals surface area (Å²) in [6, 6.07) is 6.43. The van der Waals surface area contributed by atoms with Crippen LogP contribution in [0.15, 0.2) is 49.1 Å². The van der Waals surface area contributed by atoms with E-state index in [0.717, 1.165) is 0 Å². The first-order valence-corrected chi connectivity index (χ1v) is 12.7. The Balaban J connectivity index is 1.41. The van der Waals surface area contributed by atoms with Crippen LogP contribution >= 0.6 is 0 Å². The summed E-state index contributed by atoms with van der Waals surface area (Å²) in [7, 11) is -4.14. The molecule has 1 saturated carbocycles. The first-order valence-electron chi connectivity index (χ1n) is 11.2. The SMILES string of the molecule is NS(=O)(=O)OC[C@H]1C[C@@H](Nc2ncncc2C(=O)c2ccn(Cc3ccc(OC(F)(F)F)cc3)n2)C[C@@H]1O. The summed E-state index contributed by atoms with van der Waals surface area (Å²) in [5.74, 6) is -1.10. The highest BCUT2D eigenvalue weighted by Gasteiger charge is 2.35. The molecule has 4 N–H and O–H groups in total. The highest BCUT2D eigenvalue weighted by atomic mass is 32.2. The monoisotopic (exact) mass is 556 g/mol. The lowest BCUT2D eigenvalue weighted by Gasteiger charge is -2.15. The summed E-state index contributed by atoms with van der Waals surface area (Å²) in [6.45, 7) is -0.0822. The van der Waals surface area contributed by atoms with Gasteiger partial charge in [-0.3, -0.25) is 13.7 Å². The summed E-state index contributed by atoms with van der Waals surface area (Å²) in [5, 5.41) is 22.4. The van der Waals surface area contributed by atoms with Crippen LogP contribution < -0.4 is 15.2 Å². The zero-order chi connectivity index (χ0) is 27.5. The lowest BCUT2D eigenvalue weighted by atomic mass is 10.1. The quantitative estimate of drug-likeness (QED) is 0.312. The average Bonchev–Trinajstić information content (AvgIpc) is 3.43. The Kier molecular flexibility index (Phi) is 7.96. The van der Waals surface area contributed by atoms with Gasteiger partial charge in [-0.15, -0.1) is 13.2 Å². The third kappa shape index (κ3) is 7.47. The van der Waals surface area contributed by atoms with E-state index in [1.165, 1.54) is 47.5 Å². The Hall–Kier alpha value is -3.60. The van der Waals surface area contributed by atoms with Crippen molar-refractivity contribution >= 4 is 21.9 Å². The Bertz CT molecular complexity index is 1380. The number of benzene rings is 1. The summed E-state index contributed by atoms with van der Waals surface area (Å²) in [4.78, 5) is 21.2. The highest BCUT2D eigenvalue weighted by Crippen LogP contribution is 2.30. The van der Waals surface area contributed by atoms with E-state index >= 15 is 0 Å². The molecule has 204 valence electrons. The Labute approximate surface area is 214 Å². The van der Waals surface area contributed by atoms with Crippen molar-refractivity contribution in [2.75, 3.05) is 11.9 Å². The van der Waals surface area contributed by atoms with Crippen LogP contribution in [0, 0.1) is 5.92 Å². The first-order chi connectivity index (χ1) is 17.9. The molecule has 3 atom stereocenters. The van der Waals surface area contributed by atoms with Gasteiger partial charge in [-0.05, 0) is 36.6 Å². The largest absolute Gasteiger partial charge is 0.573 e. The van der Waals surface area contributed by atoms with Gasteiger partial charge in [0.25, 0.3) is 0 Å². The van der Waals surface area contributed by atoms with Crippen LogP contribution in [0.4, 0.5) is 19.0 Å². The van der Waals surface area contributed by atoms with Crippen molar-refractivity contribution in [2.45, 2.75) is 37.9 Å². The van der Waals surface area contributed by atoms with Gasteiger partial charge >= 0.3 is 16.7 Å². The topological polar surface area (TPSA) is 172 Å². The van der Waals surface area contributed by atoms with Crippen molar-refractivity contribution in [1.82, 2.24) is 19.7 Å². The first kappa shape index (κ1) is 27.4. The van der Waals surface area contributed by atoms with Crippen molar-refractivity contribution in [2.24, 2.45) is 11.1 Å². The molecule has 0 saturated heterocycles. The Morgan fingerprint density at radius 1 is 1.21 bits per heavy atom. The molecule has 2 aromatic heterocycles. The molecule has 0 unspecified atom stereocenters. The molecule has 1 aliphatic carbocycles. The Morgan fingerprint density at radius 3 is 2.63 bits per heavy atom. The second kappa shape index (κ2) is 11.0. The van der Waals surface area contributed by atoms with Crippen molar-refractivity contribution in [1.29, 1.82) is 0 Å². The minimum Gasteiger partial charge on any atom is -0.406 e. The third-order valence-electron chi connectivity index (χ3n) is 5.78. The number of halogens is 3. The number of rotatable bonds is 10. The minimum absolute atomic E-state index is 0.0887. The van der Waals surface area contributed by atoms with Crippen LogP contribution in [-0.2, 0) is 21.0 Å². The number of aliphatic hydroxyl groups is 1. The maximum atomic E-state index is 13.2. The fraction of sp³-hybridized carbons (Fsp3) is 0.364. The molecule has 2 heterocycles. The molecule has 1 fully saturated rings. The van der Waals surface area contributed by atoms with E-state index in [0.29, 0.717) is 12.0 Å². The van der Waals surface area contributed by atoms with E-state index in [1.807, 2.05) is 0 Å². The fourth-order valence-corrected chi connectivity index (χ4v) is 4.44. The zero-order valence-electron chi connectivity index (χ0n) is 19.6. The summed E-state index contributed by atoms with van der Waals surface area (Å²) >= 11 is 0. The summed E-state index contributed by atoms with van der Waals surface area (Å²) < 4.78 is 69.0. The molecule has 0 radical (unpaired) electrons. The van der Waals surface area contributed by atoms with Crippen LogP contribution in [-0.4, -0.2) is 64.2 Å². The second-order valence-electron chi connectivity index (χ2n) is 8.62. The smallest absolute Gasteiger partial charge is 0.406 e. The number of anilines is 1. The van der Waals surface area contributed by atoms with E-state index in [9.17, 15) is 31.5 Å². The molecule has 16 heteroatoms. The van der Waals surface area contributed by atoms with Crippen LogP contribution in [0.1, 0.15) is 34.5 Å². The molecular formula is C22H23F3N6O6S.